The van der Waals surface area contributed by atoms with E-state index in [0.29, 0.717) is 17.0 Å². The van der Waals surface area contributed by atoms with Crippen molar-refractivity contribution in [1.82, 2.24) is 19.9 Å². The fourth-order valence-electron chi connectivity index (χ4n) is 3.10. The summed E-state index contributed by atoms with van der Waals surface area (Å²) in [5, 5.41) is 6.71. The average Bonchev–Trinajstić information content (AvgIpc) is 3.13. The third-order valence-electron chi connectivity index (χ3n) is 4.48. The van der Waals surface area contributed by atoms with Gasteiger partial charge in [0.2, 0.25) is 0 Å². The maximum Gasteiger partial charge on any atom is 0.320 e. The minimum atomic E-state index is -0.538. The molecular formula is C21H18FN5O. The van der Waals surface area contributed by atoms with E-state index in [1.54, 1.807) is 36.8 Å². The highest BCUT2D eigenvalue weighted by molar-refractivity contribution is 5.99. The number of nitrogens with zero attached hydrogens (tertiary/aromatic N) is 3. The lowest BCUT2D eigenvalue weighted by Gasteiger charge is -2.20. The summed E-state index contributed by atoms with van der Waals surface area (Å²) in [5.74, 6) is 0.298. The molecule has 0 aliphatic carbocycles. The van der Waals surface area contributed by atoms with Crippen molar-refractivity contribution in [3.63, 3.8) is 0 Å². The fourth-order valence-corrected chi connectivity index (χ4v) is 3.10. The minimum absolute atomic E-state index is 0.339. The average molecular weight is 375 g/mol. The molecule has 6 nitrogen and oxygen atoms in total. The number of carbonyl (C=O) groups excluding carboxylic acids is 1. The van der Waals surface area contributed by atoms with Gasteiger partial charge in [0.15, 0.2) is 0 Å². The molecule has 0 fully saturated rings. The van der Waals surface area contributed by atoms with E-state index in [1.165, 1.54) is 12.1 Å². The summed E-state index contributed by atoms with van der Waals surface area (Å²) in [5.41, 5.74) is 2.03. The number of fused-ring (bicyclic) bond motifs is 1. The lowest BCUT2D eigenvalue weighted by molar-refractivity contribution is 0.249. The van der Waals surface area contributed by atoms with Crippen molar-refractivity contribution in [3.05, 3.63) is 90.4 Å². The number of para-hydroxylation sites is 1. The van der Waals surface area contributed by atoms with Crippen molar-refractivity contribution in [2.45, 2.75) is 6.04 Å². The number of imidazole rings is 1. The van der Waals surface area contributed by atoms with Gasteiger partial charge in [-0.15, -0.1) is 0 Å². The van der Waals surface area contributed by atoms with Crippen LogP contribution in [0.3, 0.4) is 0 Å². The zero-order chi connectivity index (χ0) is 19.5. The van der Waals surface area contributed by atoms with Crippen LogP contribution in [0.2, 0.25) is 0 Å². The van der Waals surface area contributed by atoms with Crippen LogP contribution in [-0.4, -0.2) is 20.6 Å². The molecule has 1 atom stereocenters. The molecule has 7 heteroatoms. The van der Waals surface area contributed by atoms with Crippen LogP contribution in [0.15, 0.2) is 73.2 Å². The summed E-state index contributed by atoms with van der Waals surface area (Å²) in [6.45, 7) is 0. The van der Waals surface area contributed by atoms with Crippen LogP contribution in [0.25, 0.3) is 10.9 Å². The summed E-state index contributed by atoms with van der Waals surface area (Å²) in [6, 6.07) is 14.4. The van der Waals surface area contributed by atoms with Gasteiger partial charge in [-0.1, -0.05) is 30.3 Å². The van der Waals surface area contributed by atoms with E-state index in [0.717, 1.165) is 10.9 Å². The molecule has 2 N–H and O–H groups in total. The number of hydrogen-bond acceptors (Lipinski definition) is 3. The van der Waals surface area contributed by atoms with E-state index in [1.807, 2.05) is 35.9 Å². The van der Waals surface area contributed by atoms with Crippen LogP contribution >= 0.6 is 0 Å². The monoisotopic (exact) mass is 375 g/mol. The predicted octanol–water partition coefficient (Wildman–Crippen LogP) is 4.02. The number of anilines is 1. The number of urea groups is 1. The number of carbonyl (C=O) groups is 1. The first-order valence-electron chi connectivity index (χ1n) is 8.76. The standard InChI is InChI=1S/C21H18FN5O/c1-27-13-12-24-20(27)19(15-7-9-16(22)10-8-15)26-21(28)25-17-6-2-4-14-5-3-11-23-18(14)17/h2-13,19H,1H3,(H2,25,26,28). The lowest BCUT2D eigenvalue weighted by atomic mass is 10.1. The number of halogens is 1. The van der Waals surface area contributed by atoms with E-state index in [9.17, 15) is 9.18 Å². The Labute approximate surface area is 161 Å². The van der Waals surface area contributed by atoms with Gasteiger partial charge in [0.05, 0.1) is 11.2 Å². The first-order valence-corrected chi connectivity index (χ1v) is 8.76. The van der Waals surface area contributed by atoms with Crippen molar-refractivity contribution in [2.75, 3.05) is 5.32 Å². The third-order valence-corrected chi connectivity index (χ3v) is 4.48. The summed E-state index contributed by atoms with van der Waals surface area (Å²) in [6.07, 6.45) is 5.13. The topological polar surface area (TPSA) is 71.8 Å². The Morgan fingerprint density at radius 1 is 1.04 bits per heavy atom. The van der Waals surface area contributed by atoms with Gasteiger partial charge in [0, 0.05) is 31.0 Å². The normalized spacial score (nSPS) is 11.9. The molecule has 0 aliphatic rings. The second-order valence-electron chi connectivity index (χ2n) is 6.36. The van der Waals surface area contributed by atoms with Crippen molar-refractivity contribution in [3.8, 4) is 0 Å². The smallest absolute Gasteiger partial charge is 0.320 e. The van der Waals surface area contributed by atoms with Crippen LogP contribution in [0.5, 0.6) is 0 Å². The first kappa shape index (κ1) is 17.7. The van der Waals surface area contributed by atoms with E-state index in [-0.39, 0.29) is 5.82 Å². The number of nitrogens with one attached hydrogen (secondary N) is 2. The third kappa shape index (κ3) is 3.55. The number of hydrogen-bond donors (Lipinski definition) is 2. The highest BCUT2D eigenvalue weighted by Crippen LogP contribution is 2.23. The zero-order valence-electron chi connectivity index (χ0n) is 15.1. The number of aromatic nitrogens is 3. The van der Waals surface area contributed by atoms with Crippen LogP contribution in [0.4, 0.5) is 14.9 Å². The summed E-state index contributed by atoms with van der Waals surface area (Å²) in [7, 11) is 1.84. The van der Waals surface area contributed by atoms with Crippen molar-refractivity contribution >= 4 is 22.6 Å². The summed E-state index contributed by atoms with van der Waals surface area (Å²) in [4.78, 5) is 21.4. The van der Waals surface area contributed by atoms with Crippen LogP contribution in [-0.2, 0) is 7.05 Å². The van der Waals surface area contributed by atoms with Crippen LogP contribution in [0.1, 0.15) is 17.4 Å². The quantitative estimate of drug-likeness (QED) is 0.566. The molecule has 0 aliphatic heterocycles. The highest BCUT2D eigenvalue weighted by atomic mass is 19.1. The molecule has 2 heterocycles. The molecule has 140 valence electrons. The van der Waals surface area contributed by atoms with Crippen LogP contribution in [0, 0.1) is 5.82 Å². The molecular weight excluding hydrogens is 357 g/mol. The van der Waals surface area contributed by atoms with Crippen molar-refractivity contribution < 1.29 is 9.18 Å². The van der Waals surface area contributed by atoms with Crippen molar-refractivity contribution in [1.29, 1.82) is 0 Å². The maximum atomic E-state index is 13.3. The Morgan fingerprint density at radius 2 is 1.82 bits per heavy atom. The number of pyridine rings is 1. The predicted molar refractivity (Wildman–Crippen MR) is 105 cm³/mol. The SMILES string of the molecule is Cn1ccnc1C(NC(=O)Nc1cccc2cccnc12)c1ccc(F)cc1. The molecule has 4 aromatic rings. The van der Waals surface area contributed by atoms with Crippen LogP contribution < -0.4 is 10.6 Å². The zero-order valence-corrected chi connectivity index (χ0v) is 15.1. The van der Waals surface area contributed by atoms with Gasteiger partial charge in [-0.25, -0.2) is 14.2 Å². The molecule has 0 saturated heterocycles. The largest absolute Gasteiger partial charge is 0.336 e. The Kier molecular flexibility index (Phi) is 4.72. The van der Waals surface area contributed by atoms with Crippen molar-refractivity contribution in [2.24, 2.45) is 7.05 Å². The van der Waals surface area contributed by atoms with Gasteiger partial charge in [0.1, 0.15) is 17.7 Å². The fraction of sp³-hybridized carbons (Fsp3) is 0.0952. The summed E-state index contributed by atoms with van der Waals surface area (Å²) >= 11 is 0. The Balaban J connectivity index is 1.62. The molecule has 0 saturated carbocycles. The minimum Gasteiger partial charge on any atom is -0.336 e. The molecule has 4 rings (SSSR count). The number of amides is 2. The Hall–Kier alpha value is -3.74. The molecule has 2 aromatic carbocycles. The van der Waals surface area contributed by atoms with Gasteiger partial charge in [-0.2, -0.15) is 0 Å². The molecule has 0 radical (unpaired) electrons. The molecule has 2 amide bonds. The van der Waals surface area contributed by atoms with Gasteiger partial charge >= 0.3 is 6.03 Å². The lowest BCUT2D eigenvalue weighted by Crippen LogP contribution is -2.34. The molecule has 0 bridgehead atoms. The summed E-state index contributed by atoms with van der Waals surface area (Å²) < 4.78 is 15.2. The molecule has 1 unspecified atom stereocenters. The van der Waals surface area contributed by atoms with Gasteiger partial charge in [0.25, 0.3) is 0 Å². The van der Waals surface area contributed by atoms with Gasteiger partial charge < -0.3 is 15.2 Å². The van der Waals surface area contributed by atoms with Gasteiger partial charge in [-0.05, 0) is 29.8 Å². The maximum absolute atomic E-state index is 13.3. The highest BCUT2D eigenvalue weighted by Gasteiger charge is 2.21. The Morgan fingerprint density at radius 3 is 2.57 bits per heavy atom. The van der Waals surface area contributed by atoms with E-state index in [4.69, 9.17) is 0 Å². The van der Waals surface area contributed by atoms with E-state index < -0.39 is 12.1 Å². The number of aryl methyl sites for hydroxylation is 1. The molecule has 0 spiro atoms. The first-order chi connectivity index (χ1) is 13.6. The molecule has 2 aromatic heterocycles. The number of benzene rings is 2. The van der Waals surface area contributed by atoms with Gasteiger partial charge in [-0.3, -0.25) is 4.98 Å². The van der Waals surface area contributed by atoms with E-state index in [2.05, 4.69) is 20.6 Å². The molecule has 28 heavy (non-hydrogen) atoms. The van der Waals surface area contributed by atoms with E-state index >= 15 is 0 Å². The Bertz CT molecular complexity index is 1120. The number of rotatable bonds is 4. The second kappa shape index (κ2) is 7.48. The second-order valence-corrected chi connectivity index (χ2v) is 6.36.